The third kappa shape index (κ3) is 6.62. The Morgan fingerprint density at radius 1 is 1.57 bits per heavy atom. The zero-order valence-corrected chi connectivity index (χ0v) is 9.17. The molecule has 0 bridgehead atoms. The van der Waals surface area contributed by atoms with Crippen molar-refractivity contribution in [1.82, 2.24) is 5.32 Å². The minimum atomic E-state index is -0.472. The maximum Gasteiger partial charge on any atom is 0.237 e. The molecule has 0 aromatic rings. The minimum absolute atomic E-state index is 0.125. The lowest BCUT2D eigenvalue weighted by molar-refractivity contribution is -0.122. The first-order valence-corrected chi connectivity index (χ1v) is 4.73. The fraction of sp³-hybridized carbons (Fsp3) is 0.700. The number of nitrogens with one attached hydrogen (secondary N) is 1. The summed E-state index contributed by atoms with van der Waals surface area (Å²) in [6, 6.07) is -0.472. The number of hydrogen-bond donors (Lipinski definition) is 2. The van der Waals surface area contributed by atoms with Crippen molar-refractivity contribution in [3.63, 3.8) is 0 Å². The highest BCUT2D eigenvalue weighted by molar-refractivity contribution is 5.81. The van der Waals surface area contributed by atoms with Gasteiger partial charge in [0, 0.05) is 20.3 Å². The van der Waals surface area contributed by atoms with Crippen molar-refractivity contribution in [2.24, 2.45) is 5.73 Å². The molecule has 0 aliphatic rings. The number of rotatable bonds is 6. The van der Waals surface area contributed by atoms with Crippen LogP contribution >= 0.6 is 0 Å². The van der Waals surface area contributed by atoms with Gasteiger partial charge in [-0.1, -0.05) is 11.6 Å². The van der Waals surface area contributed by atoms with Crippen molar-refractivity contribution >= 4 is 5.91 Å². The van der Waals surface area contributed by atoms with Crippen molar-refractivity contribution in [1.29, 1.82) is 0 Å². The molecule has 3 N–H and O–H groups in total. The number of ether oxygens (including phenoxy) is 1. The quantitative estimate of drug-likeness (QED) is 0.611. The van der Waals surface area contributed by atoms with Gasteiger partial charge < -0.3 is 15.8 Å². The monoisotopic (exact) mass is 200 g/mol. The Balaban J connectivity index is 3.67. The van der Waals surface area contributed by atoms with E-state index in [1.807, 2.05) is 19.9 Å². The molecule has 0 aliphatic carbocycles. The number of nitrogens with two attached hydrogens (primary N) is 1. The number of hydrogen-bond acceptors (Lipinski definition) is 3. The van der Waals surface area contributed by atoms with E-state index >= 15 is 0 Å². The number of carbonyl (C=O) groups is 1. The first kappa shape index (κ1) is 13.1. The summed E-state index contributed by atoms with van der Waals surface area (Å²) in [5, 5.41) is 2.73. The van der Waals surface area contributed by atoms with Crippen molar-refractivity contribution < 1.29 is 9.53 Å². The molecule has 0 spiro atoms. The molecule has 4 heteroatoms. The molecule has 4 nitrogen and oxygen atoms in total. The lowest BCUT2D eigenvalue weighted by Gasteiger charge is -2.10. The normalized spacial score (nSPS) is 12.0. The summed E-state index contributed by atoms with van der Waals surface area (Å²) in [5.41, 5.74) is 6.78. The van der Waals surface area contributed by atoms with Crippen LogP contribution in [-0.2, 0) is 9.53 Å². The number of carbonyl (C=O) groups excluding carboxylic acids is 1. The number of allylic oxidation sites excluding steroid dienone is 1. The van der Waals surface area contributed by atoms with E-state index in [1.54, 1.807) is 7.11 Å². The Kier molecular flexibility index (Phi) is 7.06. The van der Waals surface area contributed by atoms with Gasteiger partial charge in [-0.25, -0.2) is 0 Å². The van der Waals surface area contributed by atoms with Crippen LogP contribution in [0, 0.1) is 0 Å². The van der Waals surface area contributed by atoms with E-state index in [1.165, 1.54) is 5.57 Å². The van der Waals surface area contributed by atoms with E-state index in [2.05, 4.69) is 5.32 Å². The highest BCUT2D eigenvalue weighted by Gasteiger charge is 2.11. The van der Waals surface area contributed by atoms with Gasteiger partial charge >= 0.3 is 0 Å². The fourth-order valence-corrected chi connectivity index (χ4v) is 0.863. The predicted octanol–water partition coefficient (Wildman–Crippen LogP) is 0.433. The maximum absolute atomic E-state index is 11.3. The molecule has 14 heavy (non-hydrogen) atoms. The van der Waals surface area contributed by atoms with Crippen LogP contribution in [0.5, 0.6) is 0 Å². The highest BCUT2D eigenvalue weighted by atomic mass is 16.5. The number of amides is 1. The van der Waals surface area contributed by atoms with E-state index < -0.39 is 6.04 Å². The molecule has 0 radical (unpaired) electrons. The van der Waals surface area contributed by atoms with Crippen LogP contribution in [0.3, 0.4) is 0 Å². The summed E-state index contributed by atoms with van der Waals surface area (Å²) in [6.07, 6.45) is 2.50. The molecule has 1 unspecified atom stereocenters. The van der Waals surface area contributed by atoms with Crippen LogP contribution in [0.4, 0.5) is 0 Å². The molecule has 0 aliphatic heterocycles. The van der Waals surface area contributed by atoms with Crippen LogP contribution in [0.2, 0.25) is 0 Å². The molecular formula is C10H20N2O2. The average Bonchev–Trinajstić information content (AvgIpc) is 2.13. The van der Waals surface area contributed by atoms with Gasteiger partial charge in [-0.2, -0.15) is 0 Å². The Morgan fingerprint density at radius 3 is 2.71 bits per heavy atom. The van der Waals surface area contributed by atoms with Gasteiger partial charge in [-0.05, 0) is 20.3 Å². The molecule has 82 valence electrons. The van der Waals surface area contributed by atoms with Gasteiger partial charge in [-0.3, -0.25) is 4.79 Å². The maximum atomic E-state index is 11.3. The third-order valence-corrected chi connectivity index (χ3v) is 1.76. The topological polar surface area (TPSA) is 64.3 Å². The van der Waals surface area contributed by atoms with Crippen LogP contribution < -0.4 is 11.1 Å². The van der Waals surface area contributed by atoms with Crippen molar-refractivity contribution in [3.05, 3.63) is 11.6 Å². The zero-order chi connectivity index (χ0) is 11.0. The third-order valence-electron chi connectivity index (χ3n) is 1.76. The van der Waals surface area contributed by atoms with Gasteiger partial charge in [0.15, 0.2) is 0 Å². The molecule has 0 rings (SSSR count). The van der Waals surface area contributed by atoms with E-state index in [-0.39, 0.29) is 5.91 Å². The first-order valence-electron chi connectivity index (χ1n) is 4.73. The van der Waals surface area contributed by atoms with Gasteiger partial charge in [0.1, 0.15) is 0 Å². The molecule has 1 atom stereocenters. The van der Waals surface area contributed by atoms with E-state index in [0.717, 1.165) is 0 Å². The van der Waals surface area contributed by atoms with Gasteiger partial charge in [0.2, 0.25) is 5.91 Å². The Hall–Kier alpha value is -0.870. The molecule has 0 saturated carbocycles. The average molecular weight is 200 g/mol. The molecule has 1 amide bonds. The lowest BCUT2D eigenvalue weighted by Crippen LogP contribution is -2.41. The Labute approximate surface area is 85.5 Å². The molecular weight excluding hydrogens is 180 g/mol. The largest absolute Gasteiger partial charge is 0.385 e. The molecule has 0 heterocycles. The summed E-state index contributed by atoms with van der Waals surface area (Å²) in [6.45, 7) is 5.02. The predicted molar refractivity (Wildman–Crippen MR) is 56.9 cm³/mol. The number of methoxy groups -OCH3 is 1. The summed E-state index contributed by atoms with van der Waals surface area (Å²) in [5.74, 6) is -0.125. The van der Waals surface area contributed by atoms with E-state index in [9.17, 15) is 4.79 Å². The summed E-state index contributed by atoms with van der Waals surface area (Å²) in [7, 11) is 1.59. The van der Waals surface area contributed by atoms with E-state index in [4.69, 9.17) is 10.5 Å². The zero-order valence-electron chi connectivity index (χ0n) is 9.17. The summed E-state index contributed by atoms with van der Waals surface area (Å²) in [4.78, 5) is 11.3. The van der Waals surface area contributed by atoms with Crippen LogP contribution in [0.25, 0.3) is 0 Å². The summed E-state index contributed by atoms with van der Waals surface area (Å²) < 4.78 is 4.83. The molecule has 0 fully saturated rings. The first-order chi connectivity index (χ1) is 6.57. The molecule has 0 saturated heterocycles. The van der Waals surface area contributed by atoms with Crippen molar-refractivity contribution in [2.45, 2.75) is 26.3 Å². The smallest absolute Gasteiger partial charge is 0.237 e. The van der Waals surface area contributed by atoms with Crippen molar-refractivity contribution in [2.75, 3.05) is 20.3 Å². The minimum Gasteiger partial charge on any atom is -0.385 e. The molecule has 0 aromatic heterocycles. The lowest BCUT2D eigenvalue weighted by atomic mass is 10.2. The van der Waals surface area contributed by atoms with Crippen LogP contribution in [0.1, 0.15) is 20.3 Å². The van der Waals surface area contributed by atoms with Crippen LogP contribution in [-0.4, -0.2) is 32.2 Å². The molecule has 0 aromatic carbocycles. The van der Waals surface area contributed by atoms with E-state index in [0.29, 0.717) is 19.6 Å². The summed E-state index contributed by atoms with van der Waals surface area (Å²) >= 11 is 0. The second-order valence-corrected chi connectivity index (χ2v) is 3.41. The Morgan fingerprint density at radius 2 is 2.21 bits per heavy atom. The fourth-order valence-electron chi connectivity index (χ4n) is 0.863. The van der Waals surface area contributed by atoms with Gasteiger partial charge in [0.25, 0.3) is 0 Å². The highest BCUT2D eigenvalue weighted by Crippen LogP contribution is 1.90. The second kappa shape index (κ2) is 7.53. The SMILES string of the molecule is COCCC(N)C(=O)NCC=C(C)C. The van der Waals surface area contributed by atoms with Gasteiger partial charge in [0.05, 0.1) is 6.04 Å². The Bertz CT molecular complexity index is 198. The van der Waals surface area contributed by atoms with Crippen LogP contribution in [0.15, 0.2) is 11.6 Å². The standard InChI is InChI=1S/C10H20N2O2/c1-8(2)4-6-12-10(13)9(11)5-7-14-3/h4,9H,5-7,11H2,1-3H3,(H,12,13). The van der Waals surface area contributed by atoms with Crippen molar-refractivity contribution in [3.8, 4) is 0 Å². The van der Waals surface area contributed by atoms with Gasteiger partial charge in [-0.15, -0.1) is 0 Å². The second-order valence-electron chi connectivity index (χ2n) is 3.41.